The van der Waals surface area contributed by atoms with E-state index in [1.807, 2.05) is 0 Å². The van der Waals surface area contributed by atoms with Gasteiger partial charge < -0.3 is 0 Å². The van der Waals surface area contributed by atoms with Crippen LogP contribution in [0.4, 0.5) is 8.78 Å². The van der Waals surface area contributed by atoms with Crippen molar-refractivity contribution in [2.24, 2.45) is 0 Å². The third kappa shape index (κ3) is 2.92. The van der Waals surface area contributed by atoms with Crippen molar-refractivity contribution >= 4 is 43.5 Å². The minimum atomic E-state index is -0.377. The summed E-state index contributed by atoms with van der Waals surface area (Å²) < 4.78 is 27.2. The molecule has 2 rings (SSSR count). The fourth-order valence-electron chi connectivity index (χ4n) is 1.54. The van der Waals surface area contributed by atoms with Gasteiger partial charge in [0.05, 0.1) is 9.85 Å². The van der Waals surface area contributed by atoms with E-state index in [0.29, 0.717) is 15.1 Å². The number of benzene rings is 2. The Labute approximate surface area is 125 Å². The van der Waals surface area contributed by atoms with Gasteiger partial charge in [-0.15, -0.1) is 0 Å². The average Bonchev–Trinajstić information content (AvgIpc) is 2.34. The maximum absolute atomic E-state index is 13.9. The van der Waals surface area contributed by atoms with Gasteiger partial charge in [0.1, 0.15) is 11.6 Å². The highest BCUT2D eigenvalue weighted by Gasteiger charge is 2.16. The quantitative estimate of drug-likeness (QED) is 0.440. The smallest absolute Gasteiger partial charge is 0.129 e. The van der Waals surface area contributed by atoms with Crippen LogP contribution < -0.4 is 0 Å². The van der Waals surface area contributed by atoms with Crippen LogP contribution in [0.5, 0.6) is 0 Å². The van der Waals surface area contributed by atoms with Crippen LogP contribution >= 0.6 is 43.5 Å². The molecule has 0 N–H and O–H groups in total. The van der Waals surface area contributed by atoms with Gasteiger partial charge in [-0.3, -0.25) is 0 Å². The molecule has 5 heteroatoms. The first kappa shape index (κ1) is 14.0. The zero-order chi connectivity index (χ0) is 13.3. The number of alkyl halides is 1. The van der Waals surface area contributed by atoms with Crippen LogP contribution in [0, 0.1) is 11.6 Å². The standard InChI is InChI=1S/C13H7Br2ClF2/c14-10-6-12(18)9(5-11(10)16)13(15)7-1-3-8(17)4-2-7/h1-6,13H. The molecular weight excluding hydrogens is 389 g/mol. The molecule has 0 aliphatic rings. The van der Waals surface area contributed by atoms with E-state index in [1.54, 1.807) is 18.2 Å². The van der Waals surface area contributed by atoms with Crippen LogP contribution in [-0.4, -0.2) is 0 Å². The molecule has 0 radical (unpaired) electrons. The molecule has 0 saturated heterocycles. The summed E-state index contributed by atoms with van der Waals surface area (Å²) in [6.07, 6.45) is 0. The molecule has 0 fully saturated rings. The number of hydrogen-bond acceptors (Lipinski definition) is 0. The number of halogens is 5. The van der Waals surface area contributed by atoms with Crippen LogP contribution in [0.2, 0.25) is 5.02 Å². The molecule has 2 aromatic carbocycles. The van der Waals surface area contributed by atoms with Crippen molar-refractivity contribution in [3.05, 3.63) is 68.7 Å². The molecule has 0 nitrogen and oxygen atoms in total. The molecule has 18 heavy (non-hydrogen) atoms. The lowest BCUT2D eigenvalue weighted by Gasteiger charge is -2.13. The molecule has 2 aromatic rings. The second kappa shape index (κ2) is 5.68. The van der Waals surface area contributed by atoms with Crippen LogP contribution in [0.1, 0.15) is 16.0 Å². The Hall–Kier alpha value is -0.450. The first-order chi connectivity index (χ1) is 8.49. The van der Waals surface area contributed by atoms with Crippen molar-refractivity contribution < 1.29 is 8.78 Å². The highest BCUT2D eigenvalue weighted by atomic mass is 79.9. The van der Waals surface area contributed by atoms with Crippen molar-refractivity contribution in [1.29, 1.82) is 0 Å². The Bertz CT molecular complexity index is 570. The molecular formula is C13H7Br2ClF2. The fourth-order valence-corrected chi connectivity index (χ4v) is 2.69. The molecule has 0 aromatic heterocycles. The SMILES string of the molecule is Fc1ccc(C(Br)c2cc(Cl)c(Br)cc2F)cc1. The second-order valence-electron chi connectivity index (χ2n) is 3.70. The maximum atomic E-state index is 13.9. The Morgan fingerprint density at radius 1 is 1.06 bits per heavy atom. The van der Waals surface area contributed by atoms with Gasteiger partial charge >= 0.3 is 0 Å². The highest BCUT2D eigenvalue weighted by molar-refractivity contribution is 9.10. The average molecular weight is 396 g/mol. The minimum Gasteiger partial charge on any atom is -0.207 e. The lowest BCUT2D eigenvalue weighted by molar-refractivity contribution is 0.612. The lowest BCUT2D eigenvalue weighted by Crippen LogP contribution is -1.97. The molecule has 0 aliphatic carbocycles. The molecule has 1 unspecified atom stereocenters. The van der Waals surface area contributed by atoms with Gasteiger partial charge in [-0.1, -0.05) is 39.7 Å². The van der Waals surface area contributed by atoms with Crippen molar-refractivity contribution in [2.75, 3.05) is 0 Å². The normalized spacial score (nSPS) is 12.5. The minimum absolute atomic E-state index is 0.326. The van der Waals surface area contributed by atoms with Gasteiger partial charge in [0.25, 0.3) is 0 Å². The third-order valence-corrected chi connectivity index (χ3v) is 4.69. The van der Waals surface area contributed by atoms with Crippen molar-refractivity contribution in [3.63, 3.8) is 0 Å². The van der Waals surface area contributed by atoms with E-state index in [4.69, 9.17) is 11.6 Å². The molecule has 94 valence electrons. The van der Waals surface area contributed by atoms with Crippen molar-refractivity contribution in [2.45, 2.75) is 4.83 Å². The summed E-state index contributed by atoms with van der Waals surface area (Å²) in [5, 5.41) is 0.429. The van der Waals surface area contributed by atoms with Crippen LogP contribution in [0.25, 0.3) is 0 Å². The molecule has 1 atom stereocenters. The van der Waals surface area contributed by atoms with E-state index in [2.05, 4.69) is 31.9 Å². The van der Waals surface area contributed by atoms with E-state index < -0.39 is 0 Å². The van der Waals surface area contributed by atoms with Gasteiger partial charge in [0.15, 0.2) is 0 Å². The molecule has 0 saturated carbocycles. The zero-order valence-corrected chi connectivity index (χ0v) is 12.9. The lowest BCUT2D eigenvalue weighted by atomic mass is 10.0. The Balaban J connectivity index is 2.42. The summed E-state index contributed by atoms with van der Waals surface area (Å²) in [5.41, 5.74) is 1.17. The van der Waals surface area contributed by atoms with Crippen molar-refractivity contribution in [3.8, 4) is 0 Å². The number of rotatable bonds is 2. The molecule has 0 bridgehead atoms. The zero-order valence-electron chi connectivity index (χ0n) is 8.93. The van der Waals surface area contributed by atoms with Gasteiger partial charge in [0, 0.05) is 10.0 Å². The monoisotopic (exact) mass is 394 g/mol. The van der Waals surface area contributed by atoms with Gasteiger partial charge in [0.2, 0.25) is 0 Å². The topological polar surface area (TPSA) is 0 Å². The highest BCUT2D eigenvalue weighted by Crippen LogP contribution is 2.36. The summed E-state index contributed by atoms with van der Waals surface area (Å²) >= 11 is 12.5. The molecule has 0 aliphatic heterocycles. The Morgan fingerprint density at radius 2 is 1.67 bits per heavy atom. The van der Waals surface area contributed by atoms with Gasteiger partial charge in [-0.05, 0) is 45.8 Å². The van der Waals surface area contributed by atoms with Crippen LogP contribution in [-0.2, 0) is 0 Å². The van der Waals surface area contributed by atoms with E-state index >= 15 is 0 Å². The second-order valence-corrected chi connectivity index (χ2v) is 5.88. The first-order valence-electron chi connectivity index (χ1n) is 5.03. The first-order valence-corrected chi connectivity index (χ1v) is 7.11. The summed E-state index contributed by atoms with van der Waals surface area (Å²) in [7, 11) is 0. The van der Waals surface area contributed by atoms with Crippen molar-refractivity contribution in [1.82, 2.24) is 0 Å². The van der Waals surface area contributed by atoms with E-state index in [-0.39, 0.29) is 16.5 Å². The predicted octanol–water partition coefficient (Wildman–Crippen LogP) is 5.87. The summed E-state index contributed by atoms with van der Waals surface area (Å²) in [6.45, 7) is 0. The molecule has 0 amide bonds. The summed E-state index contributed by atoms with van der Waals surface area (Å²) in [4.78, 5) is -0.372. The molecule has 0 heterocycles. The summed E-state index contributed by atoms with van der Waals surface area (Å²) in [6, 6.07) is 8.73. The fraction of sp³-hybridized carbons (Fsp3) is 0.0769. The Morgan fingerprint density at radius 3 is 2.28 bits per heavy atom. The predicted molar refractivity (Wildman–Crippen MR) is 76.3 cm³/mol. The van der Waals surface area contributed by atoms with E-state index in [9.17, 15) is 8.78 Å². The summed E-state index contributed by atoms with van der Waals surface area (Å²) in [5.74, 6) is -0.703. The maximum Gasteiger partial charge on any atom is 0.129 e. The van der Waals surface area contributed by atoms with Gasteiger partial charge in [-0.2, -0.15) is 0 Å². The van der Waals surface area contributed by atoms with Crippen LogP contribution in [0.15, 0.2) is 40.9 Å². The van der Waals surface area contributed by atoms with E-state index in [1.165, 1.54) is 18.2 Å². The number of hydrogen-bond donors (Lipinski definition) is 0. The van der Waals surface area contributed by atoms with Gasteiger partial charge in [-0.25, -0.2) is 8.78 Å². The molecule has 0 spiro atoms. The van der Waals surface area contributed by atoms with Crippen LogP contribution in [0.3, 0.4) is 0 Å². The van der Waals surface area contributed by atoms with E-state index in [0.717, 1.165) is 5.56 Å². The third-order valence-electron chi connectivity index (χ3n) is 2.48. The largest absolute Gasteiger partial charge is 0.207 e. The Kier molecular flexibility index (Phi) is 4.41.